The fourth-order valence-corrected chi connectivity index (χ4v) is 2.34. The molecule has 0 atom stereocenters. The van der Waals surface area contributed by atoms with Crippen molar-refractivity contribution in [3.05, 3.63) is 33.4 Å². The van der Waals surface area contributed by atoms with Gasteiger partial charge in [0.15, 0.2) is 10.9 Å². The van der Waals surface area contributed by atoms with E-state index in [1.54, 1.807) is 12.1 Å². The highest BCUT2D eigenvalue weighted by Gasteiger charge is 2.27. The van der Waals surface area contributed by atoms with E-state index in [1.807, 2.05) is 18.0 Å². The van der Waals surface area contributed by atoms with Crippen LogP contribution in [0, 0.1) is 0 Å². The molecule has 0 fully saturated rings. The van der Waals surface area contributed by atoms with Crippen molar-refractivity contribution < 1.29 is 4.74 Å². The van der Waals surface area contributed by atoms with Crippen LogP contribution in [0.15, 0.2) is 18.2 Å². The summed E-state index contributed by atoms with van der Waals surface area (Å²) in [6.45, 7) is 0. The lowest BCUT2D eigenvalue weighted by Crippen LogP contribution is -2.17. The molecule has 0 aliphatic carbocycles. The maximum Gasteiger partial charge on any atom is 0.264 e. The van der Waals surface area contributed by atoms with Crippen LogP contribution in [0.3, 0.4) is 0 Å². The molecule has 1 aliphatic heterocycles. The molecule has 1 aromatic heterocycles. The Morgan fingerprint density at radius 1 is 1.17 bits per heavy atom. The normalized spacial score (nSPS) is 12.8. The van der Waals surface area contributed by atoms with E-state index in [0.29, 0.717) is 27.4 Å². The summed E-state index contributed by atoms with van der Waals surface area (Å²) >= 11 is 17.9. The minimum absolute atomic E-state index is 0.142. The summed E-state index contributed by atoms with van der Waals surface area (Å²) in [5.41, 5.74) is 1.42. The van der Waals surface area contributed by atoms with Gasteiger partial charge in [0.1, 0.15) is 10.7 Å². The van der Waals surface area contributed by atoms with Crippen LogP contribution in [-0.2, 0) is 0 Å². The van der Waals surface area contributed by atoms with Crippen molar-refractivity contribution in [2.45, 2.75) is 0 Å². The van der Waals surface area contributed by atoms with Gasteiger partial charge in [0.2, 0.25) is 0 Å². The second-order valence-electron chi connectivity index (χ2n) is 3.73. The van der Waals surface area contributed by atoms with Crippen LogP contribution < -0.4 is 9.64 Å². The van der Waals surface area contributed by atoms with Crippen molar-refractivity contribution >= 4 is 46.2 Å². The minimum Gasteiger partial charge on any atom is -0.434 e. The molecule has 0 amide bonds. The number of benzene rings is 1. The summed E-state index contributed by atoms with van der Waals surface area (Å²) in [7, 11) is 1.85. The molecule has 0 bridgehead atoms. The number of ether oxygens (including phenoxy) is 1. The lowest BCUT2D eigenvalue weighted by molar-refractivity contribution is 0.448. The van der Waals surface area contributed by atoms with E-state index in [2.05, 4.69) is 10.2 Å². The average Bonchev–Trinajstić information content (AvgIpc) is 2.33. The van der Waals surface area contributed by atoms with Crippen molar-refractivity contribution in [1.82, 2.24) is 10.2 Å². The molecule has 0 radical (unpaired) electrons. The molecule has 4 nitrogen and oxygen atoms in total. The number of nitrogens with zero attached hydrogens (tertiary/aromatic N) is 3. The van der Waals surface area contributed by atoms with Crippen LogP contribution in [0.2, 0.25) is 15.2 Å². The van der Waals surface area contributed by atoms with Gasteiger partial charge in [-0.25, -0.2) is 0 Å². The predicted molar refractivity (Wildman–Crippen MR) is 71.6 cm³/mol. The van der Waals surface area contributed by atoms with Gasteiger partial charge in [-0.2, -0.15) is 0 Å². The summed E-state index contributed by atoms with van der Waals surface area (Å²) in [5, 5.41) is 8.64. The molecule has 0 unspecified atom stereocenters. The van der Waals surface area contributed by atoms with Gasteiger partial charge >= 0.3 is 0 Å². The first kappa shape index (κ1) is 11.8. The van der Waals surface area contributed by atoms with E-state index < -0.39 is 0 Å². The summed E-state index contributed by atoms with van der Waals surface area (Å²) in [5.74, 6) is 0.909. The van der Waals surface area contributed by atoms with E-state index in [0.717, 1.165) is 5.69 Å². The quantitative estimate of drug-likeness (QED) is 0.727. The Hall–Kier alpha value is -1.23. The fourth-order valence-electron chi connectivity index (χ4n) is 1.80. The van der Waals surface area contributed by atoms with Crippen LogP contribution in [0.25, 0.3) is 0 Å². The Labute approximate surface area is 118 Å². The number of anilines is 2. The van der Waals surface area contributed by atoms with Gasteiger partial charge in [0.25, 0.3) is 5.88 Å². The summed E-state index contributed by atoms with van der Waals surface area (Å²) in [6.07, 6.45) is 0. The van der Waals surface area contributed by atoms with Gasteiger partial charge in [-0.1, -0.05) is 34.8 Å². The van der Waals surface area contributed by atoms with Crippen LogP contribution >= 0.6 is 34.8 Å². The molecule has 18 heavy (non-hydrogen) atoms. The topological polar surface area (TPSA) is 38.2 Å². The highest BCUT2D eigenvalue weighted by atomic mass is 35.5. The molecular formula is C11H6Cl3N3O. The number of aromatic nitrogens is 2. The molecule has 3 rings (SSSR count). The Morgan fingerprint density at radius 2 is 1.94 bits per heavy atom. The van der Waals surface area contributed by atoms with Gasteiger partial charge in [-0.3, -0.25) is 0 Å². The minimum atomic E-state index is 0.142. The van der Waals surface area contributed by atoms with Crippen LogP contribution in [0.4, 0.5) is 11.4 Å². The first-order valence-corrected chi connectivity index (χ1v) is 6.14. The standard InChI is InChI=1S/C11H6Cl3N3O/c1-17-6-3-2-5(12)4-7(6)18-11-9(17)8(13)10(14)15-16-11/h2-4H,1H3. The first-order chi connectivity index (χ1) is 8.58. The summed E-state index contributed by atoms with van der Waals surface area (Å²) in [6, 6.07) is 5.32. The lowest BCUT2D eigenvalue weighted by Gasteiger charge is -2.29. The van der Waals surface area contributed by atoms with E-state index in [9.17, 15) is 0 Å². The molecule has 2 aromatic rings. The van der Waals surface area contributed by atoms with Crippen molar-refractivity contribution in [1.29, 1.82) is 0 Å². The van der Waals surface area contributed by atoms with Crippen molar-refractivity contribution in [3.63, 3.8) is 0 Å². The maximum atomic E-state index is 6.12. The Kier molecular flexibility index (Phi) is 2.73. The maximum absolute atomic E-state index is 6.12. The Balaban J connectivity index is 2.22. The zero-order chi connectivity index (χ0) is 12.9. The van der Waals surface area contributed by atoms with Crippen LogP contribution in [-0.4, -0.2) is 17.2 Å². The second-order valence-corrected chi connectivity index (χ2v) is 4.90. The number of fused-ring (bicyclic) bond motifs is 2. The molecule has 0 N–H and O–H groups in total. The van der Waals surface area contributed by atoms with E-state index in [1.165, 1.54) is 0 Å². The Morgan fingerprint density at radius 3 is 2.72 bits per heavy atom. The zero-order valence-electron chi connectivity index (χ0n) is 9.12. The highest BCUT2D eigenvalue weighted by Crippen LogP contribution is 2.49. The number of hydrogen-bond donors (Lipinski definition) is 0. The predicted octanol–water partition coefficient (Wildman–Crippen LogP) is 4.31. The number of rotatable bonds is 0. The molecule has 0 saturated heterocycles. The third-order valence-electron chi connectivity index (χ3n) is 2.65. The van der Waals surface area contributed by atoms with Crippen LogP contribution in [0.1, 0.15) is 0 Å². The van der Waals surface area contributed by atoms with Crippen molar-refractivity contribution in [3.8, 4) is 11.6 Å². The number of halogens is 3. The van der Waals surface area contributed by atoms with Crippen LogP contribution in [0.5, 0.6) is 11.6 Å². The Bertz CT molecular complexity index is 648. The molecular weight excluding hydrogens is 296 g/mol. The van der Waals surface area contributed by atoms with Gasteiger partial charge in [-0.15, -0.1) is 10.2 Å². The van der Waals surface area contributed by atoms with E-state index in [-0.39, 0.29) is 5.15 Å². The summed E-state index contributed by atoms with van der Waals surface area (Å²) < 4.78 is 5.62. The van der Waals surface area contributed by atoms with Gasteiger partial charge < -0.3 is 9.64 Å². The SMILES string of the molecule is CN1c2ccc(Cl)cc2Oc2nnc(Cl)c(Cl)c21. The van der Waals surface area contributed by atoms with E-state index in [4.69, 9.17) is 39.5 Å². The number of hydrogen-bond acceptors (Lipinski definition) is 4. The largest absolute Gasteiger partial charge is 0.434 e. The smallest absolute Gasteiger partial charge is 0.264 e. The molecule has 0 saturated carbocycles. The molecule has 92 valence electrons. The second kappa shape index (κ2) is 4.16. The highest BCUT2D eigenvalue weighted by molar-refractivity contribution is 6.43. The summed E-state index contributed by atoms with van der Waals surface area (Å²) in [4.78, 5) is 1.84. The molecule has 0 spiro atoms. The first-order valence-electron chi connectivity index (χ1n) is 5.00. The van der Waals surface area contributed by atoms with Crippen molar-refractivity contribution in [2.24, 2.45) is 0 Å². The monoisotopic (exact) mass is 301 g/mol. The average molecular weight is 303 g/mol. The molecule has 7 heteroatoms. The molecule has 1 aliphatic rings. The third-order valence-corrected chi connectivity index (χ3v) is 3.60. The lowest BCUT2D eigenvalue weighted by atomic mass is 10.2. The third kappa shape index (κ3) is 1.68. The van der Waals surface area contributed by atoms with Gasteiger partial charge in [0.05, 0.1) is 5.69 Å². The van der Waals surface area contributed by atoms with Gasteiger partial charge in [-0.05, 0) is 12.1 Å². The molecule has 1 aromatic carbocycles. The molecule has 2 heterocycles. The zero-order valence-corrected chi connectivity index (χ0v) is 11.4. The van der Waals surface area contributed by atoms with Gasteiger partial charge in [0, 0.05) is 18.1 Å². The van der Waals surface area contributed by atoms with E-state index >= 15 is 0 Å². The van der Waals surface area contributed by atoms with Crippen molar-refractivity contribution in [2.75, 3.05) is 11.9 Å². The fraction of sp³-hybridized carbons (Fsp3) is 0.0909.